The van der Waals surface area contributed by atoms with Gasteiger partial charge >= 0.3 is 5.97 Å². The van der Waals surface area contributed by atoms with E-state index in [1.807, 2.05) is 12.1 Å². The molecule has 1 N–H and O–H groups in total. The average molecular weight is 240 g/mol. The van der Waals surface area contributed by atoms with Crippen molar-refractivity contribution in [3.63, 3.8) is 0 Å². The van der Waals surface area contributed by atoms with E-state index in [9.17, 15) is 4.79 Å². The van der Waals surface area contributed by atoms with E-state index in [0.29, 0.717) is 5.65 Å². The number of carbonyl (C=O) groups is 1. The van der Waals surface area contributed by atoms with Crippen LogP contribution in [0, 0.1) is 0 Å². The maximum atomic E-state index is 11.0. The number of nitrogens with zero attached hydrogens (tertiary/aromatic N) is 4. The van der Waals surface area contributed by atoms with E-state index < -0.39 is 5.97 Å². The van der Waals surface area contributed by atoms with Crippen molar-refractivity contribution in [1.29, 1.82) is 0 Å². The SMILES string of the molecule is O=C(O)c1cnn2c(-c3cccnc3)ccnc12. The van der Waals surface area contributed by atoms with E-state index >= 15 is 0 Å². The second-order valence-electron chi connectivity index (χ2n) is 3.67. The summed E-state index contributed by atoms with van der Waals surface area (Å²) in [6.45, 7) is 0. The number of carboxylic acids is 1. The van der Waals surface area contributed by atoms with Crippen LogP contribution < -0.4 is 0 Å². The fourth-order valence-corrected chi connectivity index (χ4v) is 1.78. The topological polar surface area (TPSA) is 80.4 Å². The summed E-state index contributed by atoms with van der Waals surface area (Å²) in [5.41, 5.74) is 2.01. The monoisotopic (exact) mass is 240 g/mol. The smallest absolute Gasteiger partial charge is 0.341 e. The van der Waals surface area contributed by atoms with Gasteiger partial charge in [-0.15, -0.1) is 0 Å². The summed E-state index contributed by atoms with van der Waals surface area (Å²) in [5, 5.41) is 13.1. The Bertz CT molecular complexity index is 721. The molecule has 3 rings (SSSR count). The maximum Gasteiger partial charge on any atom is 0.341 e. The molecule has 0 amide bonds. The third-order valence-electron chi connectivity index (χ3n) is 2.59. The molecule has 0 spiro atoms. The molecule has 3 aromatic rings. The Morgan fingerprint density at radius 1 is 1.22 bits per heavy atom. The van der Waals surface area contributed by atoms with Gasteiger partial charge in [0.2, 0.25) is 0 Å². The Kier molecular flexibility index (Phi) is 2.26. The summed E-state index contributed by atoms with van der Waals surface area (Å²) >= 11 is 0. The zero-order valence-corrected chi connectivity index (χ0v) is 9.19. The van der Waals surface area contributed by atoms with Gasteiger partial charge < -0.3 is 5.11 Å². The minimum Gasteiger partial charge on any atom is -0.477 e. The van der Waals surface area contributed by atoms with Crippen LogP contribution in [0.2, 0.25) is 0 Å². The molecule has 3 aromatic heterocycles. The van der Waals surface area contributed by atoms with E-state index in [1.165, 1.54) is 10.7 Å². The zero-order chi connectivity index (χ0) is 12.5. The molecule has 0 atom stereocenters. The first-order valence-electron chi connectivity index (χ1n) is 5.24. The van der Waals surface area contributed by atoms with E-state index in [1.54, 1.807) is 24.7 Å². The number of fused-ring (bicyclic) bond motifs is 1. The third-order valence-corrected chi connectivity index (χ3v) is 2.59. The highest BCUT2D eigenvalue weighted by atomic mass is 16.4. The summed E-state index contributed by atoms with van der Waals surface area (Å²) in [7, 11) is 0. The van der Waals surface area contributed by atoms with Crippen molar-refractivity contribution in [2.24, 2.45) is 0 Å². The molecular formula is C12H8N4O2. The first-order chi connectivity index (χ1) is 8.77. The predicted molar refractivity (Wildman–Crippen MR) is 63.2 cm³/mol. The number of pyridine rings is 1. The van der Waals surface area contributed by atoms with Crippen molar-refractivity contribution >= 4 is 11.6 Å². The Labute approximate surface area is 102 Å². The van der Waals surface area contributed by atoms with Crippen molar-refractivity contribution < 1.29 is 9.90 Å². The van der Waals surface area contributed by atoms with E-state index in [2.05, 4.69) is 15.1 Å². The molecule has 0 aliphatic rings. The summed E-state index contributed by atoms with van der Waals surface area (Å²) in [5.74, 6) is -1.04. The van der Waals surface area contributed by atoms with Gasteiger partial charge in [-0.2, -0.15) is 5.10 Å². The van der Waals surface area contributed by atoms with Crippen molar-refractivity contribution in [3.05, 3.63) is 48.5 Å². The summed E-state index contributed by atoms with van der Waals surface area (Å²) < 4.78 is 1.50. The van der Waals surface area contributed by atoms with Gasteiger partial charge in [-0.05, 0) is 18.2 Å². The fraction of sp³-hybridized carbons (Fsp3) is 0. The highest BCUT2D eigenvalue weighted by Gasteiger charge is 2.14. The molecule has 3 heterocycles. The fourth-order valence-electron chi connectivity index (χ4n) is 1.78. The Morgan fingerprint density at radius 3 is 2.83 bits per heavy atom. The van der Waals surface area contributed by atoms with Gasteiger partial charge in [-0.25, -0.2) is 14.3 Å². The zero-order valence-electron chi connectivity index (χ0n) is 9.19. The Morgan fingerprint density at radius 2 is 2.11 bits per heavy atom. The van der Waals surface area contributed by atoms with Crippen molar-refractivity contribution in [2.45, 2.75) is 0 Å². The molecule has 0 aliphatic carbocycles. The molecule has 0 saturated heterocycles. The molecule has 0 saturated carbocycles. The number of carboxylic acid groups (broad SMARTS) is 1. The van der Waals surface area contributed by atoms with Gasteiger partial charge in [0.15, 0.2) is 5.65 Å². The Balaban J connectivity index is 2.29. The van der Waals surface area contributed by atoms with Crippen molar-refractivity contribution in [3.8, 4) is 11.3 Å². The summed E-state index contributed by atoms with van der Waals surface area (Å²) in [4.78, 5) is 19.1. The lowest BCUT2D eigenvalue weighted by atomic mass is 10.2. The van der Waals surface area contributed by atoms with Crippen LogP contribution in [0.1, 0.15) is 10.4 Å². The lowest BCUT2D eigenvalue weighted by Gasteiger charge is -2.03. The quantitative estimate of drug-likeness (QED) is 0.734. The van der Waals surface area contributed by atoms with Gasteiger partial charge in [0.1, 0.15) is 5.56 Å². The van der Waals surface area contributed by atoms with Crippen molar-refractivity contribution in [2.75, 3.05) is 0 Å². The minimum absolute atomic E-state index is 0.0840. The Hall–Kier alpha value is -2.76. The maximum absolute atomic E-state index is 11.0. The molecule has 6 heteroatoms. The molecular weight excluding hydrogens is 232 g/mol. The first kappa shape index (κ1) is 10.4. The third kappa shape index (κ3) is 1.51. The van der Waals surface area contributed by atoms with Crippen molar-refractivity contribution in [1.82, 2.24) is 19.6 Å². The number of hydrogen-bond donors (Lipinski definition) is 1. The van der Waals surface area contributed by atoms with Gasteiger partial charge in [0.05, 0.1) is 11.9 Å². The molecule has 0 bridgehead atoms. The highest BCUT2D eigenvalue weighted by Crippen LogP contribution is 2.19. The number of hydrogen-bond acceptors (Lipinski definition) is 4. The average Bonchev–Trinajstić information content (AvgIpc) is 2.83. The summed E-state index contributed by atoms with van der Waals surface area (Å²) in [6.07, 6.45) is 6.22. The molecule has 0 aromatic carbocycles. The molecule has 0 radical (unpaired) electrons. The van der Waals surface area contributed by atoms with Crippen LogP contribution in [0.4, 0.5) is 0 Å². The number of aromatic carboxylic acids is 1. The van der Waals surface area contributed by atoms with Crippen LogP contribution in [-0.4, -0.2) is 30.7 Å². The van der Waals surface area contributed by atoms with Gasteiger partial charge in [0.25, 0.3) is 0 Å². The molecule has 0 aliphatic heterocycles. The molecule has 18 heavy (non-hydrogen) atoms. The van der Waals surface area contributed by atoms with Crippen LogP contribution in [0.15, 0.2) is 43.0 Å². The predicted octanol–water partition coefficient (Wildman–Crippen LogP) is 1.49. The van der Waals surface area contributed by atoms with Gasteiger partial charge in [-0.3, -0.25) is 4.98 Å². The van der Waals surface area contributed by atoms with Crippen LogP contribution in [0.25, 0.3) is 16.9 Å². The summed E-state index contributed by atoms with van der Waals surface area (Å²) in [6, 6.07) is 5.45. The number of aromatic nitrogens is 4. The first-order valence-corrected chi connectivity index (χ1v) is 5.24. The van der Waals surface area contributed by atoms with Gasteiger partial charge in [-0.1, -0.05) is 0 Å². The van der Waals surface area contributed by atoms with Crippen LogP contribution in [-0.2, 0) is 0 Å². The largest absolute Gasteiger partial charge is 0.477 e. The molecule has 0 fully saturated rings. The highest BCUT2D eigenvalue weighted by molar-refractivity contribution is 5.94. The van der Waals surface area contributed by atoms with E-state index in [0.717, 1.165) is 11.3 Å². The second kappa shape index (κ2) is 3.92. The van der Waals surface area contributed by atoms with E-state index in [-0.39, 0.29) is 5.56 Å². The normalized spacial score (nSPS) is 10.7. The standard InChI is InChI=1S/C12H8N4O2/c17-12(18)9-7-15-16-10(3-5-14-11(9)16)8-2-1-4-13-6-8/h1-7H,(H,17,18). The molecule has 0 unspecified atom stereocenters. The lowest BCUT2D eigenvalue weighted by molar-refractivity contribution is 0.0699. The number of rotatable bonds is 2. The molecule has 6 nitrogen and oxygen atoms in total. The van der Waals surface area contributed by atoms with Gasteiger partial charge in [0, 0.05) is 24.2 Å². The lowest BCUT2D eigenvalue weighted by Crippen LogP contribution is -1.99. The van der Waals surface area contributed by atoms with Crippen LogP contribution in [0.5, 0.6) is 0 Å². The second-order valence-corrected chi connectivity index (χ2v) is 3.67. The van der Waals surface area contributed by atoms with Crippen LogP contribution >= 0.6 is 0 Å². The molecule has 88 valence electrons. The van der Waals surface area contributed by atoms with E-state index in [4.69, 9.17) is 5.11 Å². The minimum atomic E-state index is -1.04. The van der Waals surface area contributed by atoms with Crippen LogP contribution in [0.3, 0.4) is 0 Å².